The number of alkyl halides is 4. The van der Waals surface area contributed by atoms with Gasteiger partial charge in [-0.2, -0.15) is 0 Å². The number of nitrogens with two attached hydrogens (primary N) is 1. The molecule has 3 aliphatic rings. The number of carbonyl (C=O) groups excluding carboxylic acids is 2. The smallest absolute Gasteiger partial charge is 0.280 e. The quantitative estimate of drug-likeness (QED) is 0.663. The lowest BCUT2D eigenvalue weighted by Gasteiger charge is -2.35. The maximum absolute atomic E-state index is 13.6. The fourth-order valence-electron chi connectivity index (χ4n) is 4.48. The van der Waals surface area contributed by atoms with Crippen LogP contribution in [0.5, 0.6) is 0 Å². The molecule has 1 aromatic rings. The van der Waals surface area contributed by atoms with E-state index in [0.29, 0.717) is 17.1 Å². The van der Waals surface area contributed by atoms with Crippen LogP contribution in [0, 0.1) is 0 Å². The molecule has 1 atom stereocenters. The Morgan fingerprint density at radius 1 is 1.22 bits per heavy atom. The van der Waals surface area contributed by atoms with Crippen molar-refractivity contribution in [2.24, 2.45) is 5.73 Å². The van der Waals surface area contributed by atoms with Gasteiger partial charge in [0.05, 0.1) is 18.8 Å². The molecule has 0 aromatic carbocycles. The average Bonchev–Trinajstić information content (AvgIpc) is 2.68. The predicted octanol–water partition coefficient (Wildman–Crippen LogP) is 2.54. The molecule has 2 amide bonds. The van der Waals surface area contributed by atoms with Crippen LogP contribution in [0.25, 0.3) is 0 Å². The molecule has 32 heavy (non-hydrogen) atoms. The van der Waals surface area contributed by atoms with E-state index in [1.807, 2.05) is 0 Å². The lowest BCUT2D eigenvalue weighted by molar-refractivity contribution is -0.148. The van der Waals surface area contributed by atoms with Crippen LogP contribution in [-0.2, 0) is 22.6 Å². The number of piperidine rings is 1. The number of nitrogens with zero attached hydrogens (tertiary/aromatic N) is 4. The summed E-state index contributed by atoms with van der Waals surface area (Å²) >= 11 is 0. The molecule has 4 rings (SSSR count). The Bertz CT molecular complexity index is 893. The van der Waals surface area contributed by atoms with E-state index in [0.717, 1.165) is 24.2 Å². The van der Waals surface area contributed by atoms with Crippen molar-refractivity contribution in [3.05, 3.63) is 22.8 Å². The molecule has 0 bridgehead atoms. The van der Waals surface area contributed by atoms with E-state index in [9.17, 15) is 27.2 Å². The number of fused-ring (bicyclic) bond motifs is 1. The van der Waals surface area contributed by atoms with Gasteiger partial charge in [0.1, 0.15) is 11.5 Å². The highest BCUT2D eigenvalue weighted by Crippen LogP contribution is 2.37. The molecule has 7 nitrogen and oxygen atoms in total. The minimum atomic E-state index is -2.95. The highest BCUT2D eigenvalue weighted by Gasteiger charge is 2.39. The lowest BCUT2D eigenvalue weighted by atomic mass is 9.84. The molecule has 2 fully saturated rings. The number of carbonyl (C=O) groups is 2. The summed E-state index contributed by atoms with van der Waals surface area (Å²) < 4.78 is 54.4. The van der Waals surface area contributed by atoms with Gasteiger partial charge < -0.3 is 15.5 Å². The standard InChI is InChI=1S/C21H27F4N5O2/c22-19(23)18-14-5-7-29(10-15(14)27-20(28-18)12-2-1-3-12)17(32)8-13(26)9-30-11-21(24,25)6-4-16(30)31/h12-13,19H,1-11,26H2/t13-/m0/s1. The monoisotopic (exact) mass is 457 g/mol. The van der Waals surface area contributed by atoms with E-state index < -0.39 is 37.3 Å². The molecule has 1 aliphatic carbocycles. The molecule has 3 heterocycles. The number of aromatic nitrogens is 2. The fourth-order valence-corrected chi connectivity index (χ4v) is 4.48. The minimum absolute atomic E-state index is 0.0810. The second-order valence-electron chi connectivity index (χ2n) is 8.98. The van der Waals surface area contributed by atoms with Gasteiger partial charge in [-0.05, 0) is 19.3 Å². The lowest BCUT2D eigenvalue weighted by Crippen LogP contribution is -2.51. The van der Waals surface area contributed by atoms with E-state index in [1.54, 1.807) is 0 Å². The van der Waals surface area contributed by atoms with Crippen molar-refractivity contribution in [2.75, 3.05) is 19.6 Å². The summed E-state index contributed by atoms with van der Waals surface area (Å²) in [6.07, 6.45) is -0.587. The summed E-state index contributed by atoms with van der Waals surface area (Å²) in [7, 11) is 0. The Morgan fingerprint density at radius 3 is 2.62 bits per heavy atom. The molecule has 0 radical (unpaired) electrons. The highest BCUT2D eigenvalue weighted by atomic mass is 19.3. The Kier molecular flexibility index (Phi) is 6.37. The topological polar surface area (TPSA) is 92.4 Å². The van der Waals surface area contributed by atoms with E-state index in [2.05, 4.69) is 9.97 Å². The van der Waals surface area contributed by atoms with Gasteiger partial charge in [-0.1, -0.05) is 6.42 Å². The van der Waals surface area contributed by atoms with Gasteiger partial charge in [0, 0.05) is 49.9 Å². The summed E-state index contributed by atoms with van der Waals surface area (Å²) in [5.41, 5.74) is 6.60. The van der Waals surface area contributed by atoms with Crippen molar-refractivity contribution in [3.8, 4) is 0 Å². The molecule has 2 N–H and O–H groups in total. The first-order valence-electron chi connectivity index (χ1n) is 11.0. The third-order valence-electron chi connectivity index (χ3n) is 6.52. The molecule has 1 saturated carbocycles. The zero-order chi connectivity index (χ0) is 23.0. The fraction of sp³-hybridized carbons (Fsp3) is 0.714. The molecule has 1 saturated heterocycles. The Hall–Kier alpha value is -2.30. The van der Waals surface area contributed by atoms with Crippen molar-refractivity contribution in [2.45, 2.75) is 75.8 Å². The number of hydrogen-bond acceptors (Lipinski definition) is 5. The molecular formula is C21H27F4N5O2. The van der Waals surface area contributed by atoms with E-state index >= 15 is 0 Å². The maximum Gasteiger partial charge on any atom is 0.280 e. The van der Waals surface area contributed by atoms with Crippen LogP contribution in [0.1, 0.15) is 73.6 Å². The van der Waals surface area contributed by atoms with Crippen molar-refractivity contribution in [1.29, 1.82) is 0 Å². The maximum atomic E-state index is 13.6. The van der Waals surface area contributed by atoms with Gasteiger partial charge in [-0.25, -0.2) is 27.5 Å². The average molecular weight is 457 g/mol. The molecule has 11 heteroatoms. The summed E-state index contributed by atoms with van der Waals surface area (Å²) in [5, 5.41) is 0. The Labute approximate surface area is 183 Å². The first-order chi connectivity index (χ1) is 15.1. The van der Waals surface area contributed by atoms with Crippen LogP contribution < -0.4 is 5.73 Å². The van der Waals surface area contributed by atoms with Gasteiger partial charge >= 0.3 is 0 Å². The van der Waals surface area contributed by atoms with Crippen molar-refractivity contribution in [3.63, 3.8) is 0 Å². The largest absolute Gasteiger partial charge is 0.336 e. The SMILES string of the molecule is N[C@@H](CC(=O)N1CCc2c(nc(C3CCC3)nc2C(F)F)C1)CN1CC(F)(F)CCC1=O. The van der Waals surface area contributed by atoms with Crippen molar-refractivity contribution in [1.82, 2.24) is 19.8 Å². The summed E-state index contributed by atoms with van der Waals surface area (Å²) in [4.78, 5) is 35.8. The number of rotatable bonds is 6. The Balaban J connectivity index is 1.41. The molecule has 1 aromatic heterocycles. The van der Waals surface area contributed by atoms with Gasteiger partial charge in [0.25, 0.3) is 12.3 Å². The van der Waals surface area contributed by atoms with E-state index in [1.165, 1.54) is 4.90 Å². The zero-order valence-corrected chi connectivity index (χ0v) is 17.7. The van der Waals surface area contributed by atoms with Gasteiger partial charge in [0.2, 0.25) is 11.8 Å². The molecule has 2 aliphatic heterocycles. The second-order valence-corrected chi connectivity index (χ2v) is 8.98. The highest BCUT2D eigenvalue weighted by molar-refractivity contribution is 5.78. The van der Waals surface area contributed by atoms with Gasteiger partial charge in [0.15, 0.2) is 0 Å². The van der Waals surface area contributed by atoms with Crippen LogP contribution >= 0.6 is 0 Å². The van der Waals surface area contributed by atoms with Gasteiger partial charge in [-0.15, -0.1) is 0 Å². The van der Waals surface area contributed by atoms with Crippen LogP contribution in [-0.4, -0.2) is 63.2 Å². The molecule has 0 spiro atoms. The summed E-state index contributed by atoms with van der Waals surface area (Å²) in [6.45, 7) is -0.509. The third kappa shape index (κ3) is 4.87. The van der Waals surface area contributed by atoms with E-state index in [4.69, 9.17) is 5.73 Å². The summed E-state index contributed by atoms with van der Waals surface area (Å²) in [5.74, 6) is -3.17. The zero-order valence-electron chi connectivity index (χ0n) is 17.7. The Morgan fingerprint density at radius 2 is 1.97 bits per heavy atom. The number of amides is 2. The van der Waals surface area contributed by atoms with Gasteiger partial charge in [-0.3, -0.25) is 9.59 Å². The van der Waals surface area contributed by atoms with Crippen molar-refractivity contribution < 1.29 is 27.2 Å². The normalized spacial score (nSPS) is 22.0. The van der Waals surface area contributed by atoms with Crippen LogP contribution in [0.2, 0.25) is 0 Å². The first-order valence-corrected chi connectivity index (χ1v) is 11.0. The molecular weight excluding hydrogens is 430 g/mol. The predicted molar refractivity (Wildman–Crippen MR) is 106 cm³/mol. The number of hydrogen-bond donors (Lipinski definition) is 1. The summed E-state index contributed by atoms with van der Waals surface area (Å²) in [6, 6.07) is -0.797. The van der Waals surface area contributed by atoms with Crippen LogP contribution in [0.15, 0.2) is 0 Å². The second kappa shape index (κ2) is 8.92. The van der Waals surface area contributed by atoms with Crippen LogP contribution in [0.4, 0.5) is 17.6 Å². The van der Waals surface area contributed by atoms with E-state index in [-0.39, 0.29) is 56.4 Å². The number of halogens is 4. The van der Waals surface area contributed by atoms with Crippen molar-refractivity contribution >= 4 is 11.8 Å². The minimum Gasteiger partial charge on any atom is -0.336 e. The third-order valence-corrected chi connectivity index (χ3v) is 6.52. The molecule has 0 unspecified atom stereocenters. The van der Waals surface area contributed by atoms with Crippen LogP contribution in [0.3, 0.4) is 0 Å². The first kappa shape index (κ1) is 22.9. The number of likely N-dealkylation sites (tertiary alicyclic amines) is 1. The molecule has 176 valence electrons.